The van der Waals surface area contributed by atoms with Gasteiger partial charge in [0.15, 0.2) is 0 Å². The van der Waals surface area contributed by atoms with Crippen LogP contribution >= 0.6 is 0 Å². The van der Waals surface area contributed by atoms with Crippen LogP contribution in [0.4, 0.5) is 0 Å². The van der Waals surface area contributed by atoms with Crippen LogP contribution < -0.4 is 5.32 Å². The van der Waals surface area contributed by atoms with Crippen molar-refractivity contribution in [1.29, 1.82) is 0 Å². The minimum absolute atomic E-state index is 0.00463. The summed E-state index contributed by atoms with van der Waals surface area (Å²) in [6.07, 6.45) is 14.1. The largest absolute Gasteiger partial charge is 0.359 e. The highest BCUT2D eigenvalue weighted by molar-refractivity contribution is 5.72. The first-order valence-electron chi connectivity index (χ1n) is 19.7. The van der Waals surface area contributed by atoms with Crippen LogP contribution in [-0.2, 0) is 4.79 Å². The summed E-state index contributed by atoms with van der Waals surface area (Å²) in [5, 5.41) is 9.91. The van der Waals surface area contributed by atoms with E-state index in [4.69, 9.17) is 0 Å². The van der Waals surface area contributed by atoms with Crippen LogP contribution in [0.15, 0.2) is 104 Å². The molecule has 0 aliphatic heterocycles. The van der Waals surface area contributed by atoms with Gasteiger partial charge in [-0.2, -0.15) is 10.2 Å². The third kappa shape index (κ3) is 32.8. The molecule has 0 atom stereocenters. The molecule has 7 rings (SSSR count). The number of carbonyl (C=O) groups excluding carboxylic acids is 1. The molecule has 7 aromatic heterocycles. The number of hydrogen-bond donors (Lipinski definition) is 1. The Hall–Kier alpha value is -6.76. The molecule has 0 fully saturated rings. The summed E-state index contributed by atoms with van der Waals surface area (Å²) in [5.74, 6) is 0.843. The monoisotopic (exact) mass is 827 g/mol. The predicted octanol–water partition coefficient (Wildman–Crippen LogP) is 9.22. The van der Waals surface area contributed by atoms with E-state index in [1.807, 2.05) is 151 Å². The van der Waals surface area contributed by atoms with Crippen molar-refractivity contribution in [2.75, 3.05) is 7.05 Å². The van der Waals surface area contributed by atoms with Gasteiger partial charge in [0.2, 0.25) is 5.91 Å². The van der Waals surface area contributed by atoms with E-state index < -0.39 is 0 Å². The predicted molar refractivity (Wildman–Crippen MR) is 247 cm³/mol. The molecule has 7 aromatic rings. The number of hydrogen-bond acceptors (Lipinski definition) is 12. The lowest BCUT2D eigenvalue weighted by Gasteiger charge is -1.90. The molecule has 1 amide bonds. The molecule has 0 radical (unpaired) electrons. The van der Waals surface area contributed by atoms with Crippen molar-refractivity contribution in [3.05, 3.63) is 184 Å². The lowest BCUT2D eigenvalue weighted by molar-refractivity contribution is -0.118. The summed E-state index contributed by atoms with van der Waals surface area (Å²) in [6, 6.07) is 18.0. The smallest absolute Gasteiger partial charge is 0.216 e. The Labute approximate surface area is 364 Å². The minimum atomic E-state index is 0.00463. The molecule has 13 heteroatoms. The van der Waals surface area contributed by atoms with E-state index in [0.29, 0.717) is 0 Å². The van der Waals surface area contributed by atoms with Crippen LogP contribution in [0.2, 0.25) is 0 Å². The molecule has 0 unspecified atom stereocenters. The average Bonchev–Trinajstić information content (AvgIpc) is 3.16. The molecule has 0 aliphatic rings. The van der Waals surface area contributed by atoms with Crippen LogP contribution in [0.1, 0.15) is 86.2 Å². The zero-order valence-corrected chi connectivity index (χ0v) is 39.1. The van der Waals surface area contributed by atoms with E-state index in [0.717, 1.165) is 62.6 Å². The second kappa shape index (κ2) is 32.1. The van der Waals surface area contributed by atoms with E-state index in [1.165, 1.54) is 23.6 Å². The Morgan fingerprint density at radius 2 is 0.902 bits per heavy atom. The van der Waals surface area contributed by atoms with Crippen LogP contribution in [0, 0.1) is 96.9 Å². The third-order valence-electron chi connectivity index (χ3n) is 7.09. The Bertz CT molecular complexity index is 1720. The van der Waals surface area contributed by atoms with Gasteiger partial charge in [0.05, 0.1) is 23.3 Å². The normalized spacial score (nSPS) is 9.05. The van der Waals surface area contributed by atoms with Gasteiger partial charge >= 0.3 is 0 Å². The highest BCUT2D eigenvalue weighted by atomic mass is 16.1. The maximum Gasteiger partial charge on any atom is 0.216 e. The second-order valence-corrected chi connectivity index (χ2v) is 14.0. The molecule has 0 saturated heterocycles. The van der Waals surface area contributed by atoms with Crippen molar-refractivity contribution in [2.45, 2.75) is 104 Å². The number of nitrogens with zero attached hydrogens (tertiary/aromatic N) is 11. The number of carbonyl (C=O) groups is 1. The molecule has 1 N–H and O–H groups in total. The lowest BCUT2D eigenvalue weighted by atomic mass is 10.2. The average molecular weight is 827 g/mol. The standard InChI is InChI=1S/3C7H9N.4C6H8N2.C3H7NO/c1-6-3-7(2)5-8-4-6;1-6-3-4-8-7(2)5-6;1-6-4-3-5-7(2)8-6;1-5-3-7-4-6(2)8-5;1-5-3-6(2)8-4-7-5;1-5-3-6(2)8-7-4-5;1-5-3-4-7-6(2)8-5;1-3(5)4-2/h3*3-5H,1-2H3;4*3-4H,1-2H3;1-2H3,(H,4,5). The second-order valence-electron chi connectivity index (χ2n) is 14.0. The number of aromatic nitrogens is 11. The molecule has 61 heavy (non-hydrogen) atoms. The molecular weight excluding hydrogens is 761 g/mol. The summed E-state index contributed by atoms with van der Waals surface area (Å²) in [7, 11) is 1.60. The Balaban J connectivity index is 0.000000677. The zero-order chi connectivity index (χ0) is 46.2. The van der Waals surface area contributed by atoms with E-state index in [2.05, 4.69) is 79.4 Å². The van der Waals surface area contributed by atoms with Gasteiger partial charge < -0.3 is 5.32 Å². The van der Waals surface area contributed by atoms with Gasteiger partial charge in [0.25, 0.3) is 0 Å². The third-order valence-corrected chi connectivity index (χ3v) is 7.09. The summed E-state index contributed by atoms with van der Waals surface area (Å²) in [6.45, 7) is 29.1. The number of amides is 1. The van der Waals surface area contributed by atoms with Crippen LogP contribution in [0.3, 0.4) is 0 Å². The van der Waals surface area contributed by atoms with Gasteiger partial charge in [-0.3, -0.25) is 29.7 Å². The fourth-order valence-electron chi connectivity index (χ4n) is 4.43. The minimum Gasteiger partial charge on any atom is -0.359 e. The summed E-state index contributed by atoms with van der Waals surface area (Å²) in [4.78, 5) is 45.8. The molecule has 13 nitrogen and oxygen atoms in total. The van der Waals surface area contributed by atoms with E-state index in [1.54, 1.807) is 38.2 Å². The molecule has 0 saturated carbocycles. The zero-order valence-electron chi connectivity index (χ0n) is 39.1. The number of nitrogens with one attached hydrogen (secondary N) is 1. The van der Waals surface area contributed by atoms with Crippen molar-refractivity contribution < 1.29 is 4.79 Å². The Morgan fingerprint density at radius 3 is 1.18 bits per heavy atom. The maximum absolute atomic E-state index is 9.70. The van der Waals surface area contributed by atoms with Gasteiger partial charge in [-0.15, -0.1) is 0 Å². The van der Waals surface area contributed by atoms with E-state index in [-0.39, 0.29) is 5.91 Å². The van der Waals surface area contributed by atoms with Crippen LogP contribution in [-0.4, -0.2) is 68.0 Å². The van der Waals surface area contributed by atoms with Gasteiger partial charge in [0, 0.05) is 85.3 Å². The first-order valence-corrected chi connectivity index (χ1v) is 19.7. The van der Waals surface area contributed by atoms with E-state index >= 15 is 0 Å². The van der Waals surface area contributed by atoms with Gasteiger partial charge in [-0.25, -0.2) is 19.9 Å². The van der Waals surface area contributed by atoms with Gasteiger partial charge in [0.1, 0.15) is 12.2 Å². The fraction of sp³-hybridized carbons (Fsp3) is 0.333. The first kappa shape index (κ1) is 54.2. The van der Waals surface area contributed by atoms with E-state index in [9.17, 15) is 4.79 Å². The van der Waals surface area contributed by atoms with Crippen molar-refractivity contribution in [3.8, 4) is 0 Å². The summed E-state index contributed by atoms with van der Waals surface area (Å²) >= 11 is 0. The van der Waals surface area contributed by atoms with Crippen molar-refractivity contribution >= 4 is 5.91 Å². The lowest BCUT2D eigenvalue weighted by Crippen LogP contribution is -2.11. The Morgan fingerprint density at radius 1 is 0.443 bits per heavy atom. The van der Waals surface area contributed by atoms with Gasteiger partial charge in [-0.1, -0.05) is 12.1 Å². The van der Waals surface area contributed by atoms with Crippen molar-refractivity contribution in [1.82, 2.24) is 60.4 Å². The SMILES string of the molecule is CNC(C)=O.Cc1cc(C)ncn1.Cc1cccc(C)n1.Cc1ccnc(C)c1.Cc1ccnc(C)n1.Cc1cncc(C)c1.Cc1cncc(C)n1.Cc1cnnc(C)c1. The van der Waals surface area contributed by atoms with Crippen LogP contribution in [0.5, 0.6) is 0 Å². The highest BCUT2D eigenvalue weighted by Crippen LogP contribution is 1.98. The number of pyridine rings is 3. The maximum atomic E-state index is 9.70. The first-order chi connectivity index (χ1) is 28.8. The van der Waals surface area contributed by atoms with Crippen LogP contribution in [0.25, 0.3) is 0 Å². The molecule has 7 heterocycles. The topological polar surface area (TPSA) is 171 Å². The fourth-order valence-corrected chi connectivity index (χ4v) is 4.43. The summed E-state index contributed by atoms with van der Waals surface area (Å²) < 4.78 is 0. The van der Waals surface area contributed by atoms with Crippen molar-refractivity contribution in [2.24, 2.45) is 0 Å². The van der Waals surface area contributed by atoms with Crippen molar-refractivity contribution in [3.63, 3.8) is 0 Å². The quantitative estimate of drug-likeness (QED) is 0.154. The summed E-state index contributed by atoms with van der Waals surface area (Å²) in [5.41, 5.74) is 14.2. The van der Waals surface area contributed by atoms with Gasteiger partial charge in [-0.05, 0) is 162 Å². The Kier molecular flexibility index (Phi) is 28.6. The molecule has 324 valence electrons. The molecule has 0 spiro atoms. The molecule has 0 aliphatic carbocycles. The molecule has 0 aromatic carbocycles. The number of rotatable bonds is 0. The molecular formula is C48H66N12O. The highest BCUT2D eigenvalue weighted by Gasteiger charge is 1.87. The molecule has 0 bridgehead atoms. The number of aryl methyl sites for hydroxylation is 14.